The van der Waals surface area contributed by atoms with E-state index in [4.69, 9.17) is 0 Å². The fourth-order valence-electron chi connectivity index (χ4n) is 1.67. The standard InChI is InChI=1S/C15H13F6NO5/c1-25-12(23)6-10(13(24)26-2)22-9-5-8(15(19,20)21)3-4-11(9)27-7-14(16,17)18/h3-6,22H,7H2,1-2H3/b10-6+. The molecular formula is C15H13F6NO5. The van der Waals surface area contributed by atoms with Crippen LogP contribution in [0.5, 0.6) is 5.75 Å². The first-order chi connectivity index (χ1) is 12.4. The molecule has 0 atom stereocenters. The first-order valence-corrected chi connectivity index (χ1v) is 6.93. The number of hydrogen-bond acceptors (Lipinski definition) is 6. The molecule has 0 bridgehead atoms. The summed E-state index contributed by atoms with van der Waals surface area (Å²) in [6, 6.07) is 1.56. The lowest BCUT2D eigenvalue weighted by atomic mass is 10.1. The largest absolute Gasteiger partial charge is 0.482 e. The Bertz CT molecular complexity index is 726. The summed E-state index contributed by atoms with van der Waals surface area (Å²) in [4.78, 5) is 23.0. The topological polar surface area (TPSA) is 73.9 Å². The molecule has 0 aliphatic rings. The van der Waals surface area contributed by atoms with Crippen LogP contribution in [-0.4, -0.2) is 38.9 Å². The van der Waals surface area contributed by atoms with E-state index in [1.807, 2.05) is 0 Å². The molecule has 0 saturated carbocycles. The van der Waals surface area contributed by atoms with Crippen LogP contribution in [0.4, 0.5) is 32.0 Å². The van der Waals surface area contributed by atoms with Crippen molar-refractivity contribution in [3.05, 3.63) is 35.5 Å². The van der Waals surface area contributed by atoms with E-state index >= 15 is 0 Å². The molecule has 0 aliphatic carbocycles. The van der Waals surface area contributed by atoms with E-state index in [9.17, 15) is 35.9 Å². The van der Waals surface area contributed by atoms with Gasteiger partial charge < -0.3 is 19.5 Å². The molecule has 6 nitrogen and oxygen atoms in total. The van der Waals surface area contributed by atoms with Crippen LogP contribution in [0.1, 0.15) is 5.56 Å². The Kier molecular flexibility index (Phi) is 7.08. The van der Waals surface area contributed by atoms with Crippen molar-refractivity contribution in [1.29, 1.82) is 0 Å². The van der Waals surface area contributed by atoms with Crippen LogP contribution in [0.15, 0.2) is 30.0 Å². The predicted molar refractivity (Wildman–Crippen MR) is 78.7 cm³/mol. The third kappa shape index (κ3) is 7.07. The Labute approximate surface area is 148 Å². The SMILES string of the molecule is COC(=O)/C=C(/Nc1cc(C(F)(F)F)ccc1OCC(F)(F)F)C(=O)OC. The molecule has 1 rings (SSSR count). The van der Waals surface area contributed by atoms with Crippen LogP contribution < -0.4 is 10.1 Å². The summed E-state index contributed by atoms with van der Waals surface area (Å²) in [5.41, 5.74) is -2.55. The third-order valence-corrected chi connectivity index (χ3v) is 2.84. The predicted octanol–water partition coefficient (Wildman–Crippen LogP) is 3.29. The molecule has 0 unspecified atom stereocenters. The van der Waals surface area contributed by atoms with Crippen LogP contribution >= 0.6 is 0 Å². The molecule has 0 amide bonds. The van der Waals surface area contributed by atoms with E-state index in [1.54, 1.807) is 0 Å². The van der Waals surface area contributed by atoms with Crippen molar-refractivity contribution in [2.75, 3.05) is 26.1 Å². The molecule has 27 heavy (non-hydrogen) atoms. The molecule has 1 aromatic carbocycles. The lowest BCUT2D eigenvalue weighted by Gasteiger charge is -2.17. The summed E-state index contributed by atoms with van der Waals surface area (Å²) in [5, 5.41) is 2.11. The lowest BCUT2D eigenvalue weighted by Crippen LogP contribution is -2.21. The summed E-state index contributed by atoms with van der Waals surface area (Å²) in [5.74, 6) is -2.88. The number of carbonyl (C=O) groups is 2. The maximum absolute atomic E-state index is 12.9. The van der Waals surface area contributed by atoms with E-state index in [-0.39, 0.29) is 0 Å². The van der Waals surface area contributed by atoms with Gasteiger partial charge in [0.25, 0.3) is 0 Å². The molecule has 12 heteroatoms. The Morgan fingerprint density at radius 3 is 2.19 bits per heavy atom. The van der Waals surface area contributed by atoms with Gasteiger partial charge >= 0.3 is 24.3 Å². The maximum atomic E-state index is 12.9. The lowest BCUT2D eigenvalue weighted by molar-refractivity contribution is -0.153. The molecule has 1 aromatic rings. The van der Waals surface area contributed by atoms with Gasteiger partial charge in [0.2, 0.25) is 0 Å². The monoisotopic (exact) mass is 401 g/mol. The van der Waals surface area contributed by atoms with Crippen molar-refractivity contribution in [3.63, 3.8) is 0 Å². The van der Waals surface area contributed by atoms with Gasteiger partial charge in [-0.1, -0.05) is 0 Å². The third-order valence-electron chi connectivity index (χ3n) is 2.84. The Morgan fingerprint density at radius 1 is 1.07 bits per heavy atom. The quantitative estimate of drug-likeness (QED) is 0.448. The number of nitrogens with one attached hydrogen (secondary N) is 1. The molecule has 0 aromatic heterocycles. The molecule has 0 radical (unpaired) electrons. The van der Waals surface area contributed by atoms with Gasteiger partial charge in [0, 0.05) is 0 Å². The molecule has 0 heterocycles. The number of carbonyl (C=O) groups excluding carboxylic acids is 2. The van der Waals surface area contributed by atoms with Crippen LogP contribution in [-0.2, 0) is 25.2 Å². The minimum atomic E-state index is -4.82. The average Bonchev–Trinajstić information content (AvgIpc) is 2.57. The average molecular weight is 401 g/mol. The molecular weight excluding hydrogens is 388 g/mol. The van der Waals surface area contributed by atoms with Crippen molar-refractivity contribution >= 4 is 17.6 Å². The van der Waals surface area contributed by atoms with E-state index in [0.29, 0.717) is 24.3 Å². The molecule has 0 fully saturated rings. The zero-order chi connectivity index (χ0) is 20.8. The first kappa shape index (κ1) is 22.1. The summed E-state index contributed by atoms with van der Waals surface area (Å²) in [6.45, 7) is -1.79. The van der Waals surface area contributed by atoms with Crippen LogP contribution in [0.2, 0.25) is 0 Å². The Hall–Kier alpha value is -2.92. The number of alkyl halides is 6. The summed E-state index contributed by atoms with van der Waals surface area (Å²) < 4.78 is 88.7. The second-order valence-corrected chi connectivity index (χ2v) is 4.81. The molecule has 1 N–H and O–H groups in total. The number of ether oxygens (including phenoxy) is 3. The van der Waals surface area contributed by atoms with Crippen molar-refractivity contribution in [2.45, 2.75) is 12.4 Å². The van der Waals surface area contributed by atoms with Gasteiger partial charge in [-0.15, -0.1) is 0 Å². The summed E-state index contributed by atoms with van der Waals surface area (Å²) >= 11 is 0. The number of benzene rings is 1. The highest BCUT2D eigenvalue weighted by atomic mass is 19.4. The molecule has 0 saturated heterocycles. The smallest absolute Gasteiger partial charge is 0.422 e. The van der Waals surface area contributed by atoms with Crippen molar-refractivity contribution < 1.29 is 50.1 Å². The highest BCUT2D eigenvalue weighted by Gasteiger charge is 2.33. The second kappa shape index (κ2) is 8.64. The van der Waals surface area contributed by atoms with Crippen molar-refractivity contribution in [1.82, 2.24) is 0 Å². The van der Waals surface area contributed by atoms with Gasteiger partial charge in [-0.3, -0.25) is 0 Å². The Morgan fingerprint density at radius 2 is 1.70 bits per heavy atom. The van der Waals surface area contributed by atoms with Gasteiger partial charge in [0.15, 0.2) is 6.61 Å². The zero-order valence-corrected chi connectivity index (χ0v) is 13.8. The fourth-order valence-corrected chi connectivity index (χ4v) is 1.67. The number of methoxy groups -OCH3 is 2. The van der Waals surface area contributed by atoms with Gasteiger partial charge in [-0.2, -0.15) is 26.3 Å². The van der Waals surface area contributed by atoms with E-state index < -0.39 is 53.6 Å². The van der Waals surface area contributed by atoms with E-state index in [2.05, 4.69) is 19.5 Å². The minimum absolute atomic E-state index is 0.416. The zero-order valence-electron chi connectivity index (χ0n) is 13.8. The number of hydrogen-bond donors (Lipinski definition) is 1. The first-order valence-electron chi connectivity index (χ1n) is 6.93. The molecule has 0 spiro atoms. The molecule has 150 valence electrons. The van der Waals surface area contributed by atoms with Gasteiger partial charge in [-0.05, 0) is 18.2 Å². The highest BCUT2D eigenvalue weighted by molar-refractivity contribution is 5.99. The van der Waals surface area contributed by atoms with Crippen LogP contribution in [0, 0.1) is 0 Å². The van der Waals surface area contributed by atoms with Crippen molar-refractivity contribution in [2.24, 2.45) is 0 Å². The number of rotatable bonds is 6. The number of esters is 2. The van der Waals surface area contributed by atoms with Gasteiger partial charge in [-0.25, -0.2) is 9.59 Å². The normalized spacial score (nSPS) is 12.4. The summed E-state index contributed by atoms with van der Waals surface area (Å²) in [7, 11) is 1.89. The molecule has 0 aliphatic heterocycles. The minimum Gasteiger partial charge on any atom is -0.482 e. The summed E-state index contributed by atoms with van der Waals surface area (Å²) in [6.07, 6.45) is -9.02. The van der Waals surface area contributed by atoms with Crippen LogP contribution in [0.3, 0.4) is 0 Å². The fraction of sp³-hybridized carbons (Fsp3) is 0.333. The van der Waals surface area contributed by atoms with Crippen molar-refractivity contribution in [3.8, 4) is 5.75 Å². The van der Waals surface area contributed by atoms with Gasteiger partial charge in [0.1, 0.15) is 11.4 Å². The van der Waals surface area contributed by atoms with E-state index in [1.165, 1.54) is 0 Å². The number of halogens is 6. The second-order valence-electron chi connectivity index (χ2n) is 4.81. The highest BCUT2D eigenvalue weighted by Crippen LogP contribution is 2.36. The Balaban J connectivity index is 3.35. The van der Waals surface area contributed by atoms with Crippen LogP contribution in [0.25, 0.3) is 0 Å². The maximum Gasteiger partial charge on any atom is 0.422 e. The van der Waals surface area contributed by atoms with E-state index in [0.717, 1.165) is 14.2 Å². The number of anilines is 1. The van der Waals surface area contributed by atoms with Gasteiger partial charge in [0.05, 0.1) is 31.5 Å².